The Labute approximate surface area is 167 Å². The first-order valence-electron chi connectivity index (χ1n) is 9.21. The fourth-order valence-electron chi connectivity index (χ4n) is 3.67. The predicted molar refractivity (Wildman–Crippen MR) is 111 cm³/mol. The molecule has 1 fully saturated rings. The summed E-state index contributed by atoms with van der Waals surface area (Å²) in [6.45, 7) is 4.63. The lowest BCUT2D eigenvalue weighted by atomic mass is 10.1. The Morgan fingerprint density at radius 3 is 2.39 bits per heavy atom. The lowest BCUT2D eigenvalue weighted by molar-refractivity contribution is 0.0740. The van der Waals surface area contributed by atoms with Crippen LogP contribution in [0.2, 0.25) is 5.02 Å². The van der Waals surface area contributed by atoms with E-state index in [0.29, 0.717) is 29.6 Å². The third-order valence-corrected chi connectivity index (χ3v) is 5.34. The second kappa shape index (κ2) is 7.28. The van der Waals surface area contributed by atoms with Crippen LogP contribution in [0.3, 0.4) is 0 Å². The van der Waals surface area contributed by atoms with Crippen molar-refractivity contribution in [3.05, 3.63) is 69.1 Å². The van der Waals surface area contributed by atoms with Gasteiger partial charge in [0.25, 0.3) is 11.5 Å². The Bertz CT molecular complexity index is 1100. The first kappa shape index (κ1) is 18.5. The SMILES string of the molecule is Cc1cc(Cl)cc(N2CCN(C(=O)c3nn(C)c(=O)c4ccccc34)CC2)c1. The molecule has 1 amide bonds. The first-order chi connectivity index (χ1) is 13.4. The van der Waals surface area contributed by atoms with Gasteiger partial charge in [0, 0.05) is 49.3 Å². The number of fused-ring (bicyclic) bond motifs is 1. The van der Waals surface area contributed by atoms with Crippen molar-refractivity contribution in [2.24, 2.45) is 7.05 Å². The van der Waals surface area contributed by atoms with Crippen molar-refractivity contribution in [2.45, 2.75) is 6.92 Å². The maximum absolute atomic E-state index is 13.1. The second-order valence-electron chi connectivity index (χ2n) is 7.09. The molecule has 0 saturated carbocycles. The molecule has 0 atom stereocenters. The minimum atomic E-state index is -0.201. The summed E-state index contributed by atoms with van der Waals surface area (Å²) in [6, 6.07) is 13.1. The van der Waals surface area contributed by atoms with E-state index < -0.39 is 0 Å². The minimum Gasteiger partial charge on any atom is -0.368 e. The minimum absolute atomic E-state index is 0.145. The molecule has 2 heterocycles. The molecule has 0 unspecified atom stereocenters. The van der Waals surface area contributed by atoms with E-state index in [-0.39, 0.29) is 11.5 Å². The molecule has 2 aromatic carbocycles. The van der Waals surface area contributed by atoms with Crippen molar-refractivity contribution in [1.29, 1.82) is 0 Å². The highest BCUT2D eigenvalue weighted by Gasteiger charge is 2.25. The van der Waals surface area contributed by atoms with Gasteiger partial charge in [0.2, 0.25) is 0 Å². The molecule has 6 nitrogen and oxygen atoms in total. The van der Waals surface area contributed by atoms with Gasteiger partial charge >= 0.3 is 0 Å². The molecule has 0 bridgehead atoms. The van der Waals surface area contributed by atoms with Crippen LogP contribution in [0.1, 0.15) is 16.1 Å². The molecule has 0 aliphatic carbocycles. The number of aryl methyl sites for hydroxylation is 2. The Hall–Kier alpha value is -2.86. The molecule has 3 aromatic rings. The number of benzene rings is 2. The highest BCUT2D eigenvalue weighted by Crippen LogP contribution is 2.24. The molecule has 7 heteroatoms. The predicted octanol–water partition coefficient (Wildman–Crippen LogP) is 2.86. The van der Waals surface area contributed by atoms with Crippen LogP contribution < -0.4 is 10.5 Å². The van der Waals surface area contributed by atoms with Gasteiger partial charge in [0.05, 0.1) is 5.39 Å². The lowest BCUT2D eigenvalue weighted by Gasteiger charge is -2.36. The monoisotopic (exact) mass is 396 g/mol. The number of nitrogens with zero attached hydrogens (tertiary/aromatic N) is 4. The zero-order valence-electron chi connectivity index (χ0n) is 15.9. The normalized spacial score (nSPS) is 14.5. The molecule has 1 aromatic heterocycles. The molecular formula is C21H21ClN4O2. The summed E-state index contributed by atoms with van der Waals surface area (Å²) in [5.74, 6) is -0.145. The van der Waals surface area contributed by atoms with Gasteiger partial charge in [-0.3, -0.25) is 9.59 Å². The van der Waals surface area contributed by atoms with Gasteiger partial charge in [-0.2, -0.15) is 5.10 Å². The van der Waals surface area contributed by atoms with Gasteiger partial charge in [-0.1, -0.05) is 29.8 Å². The zero-order chi connectivity index (χ0) is 19.8. The molecule has 0 spiro atoms. The Kier molecular flexibility index (Phi) is 4.81. The fraction of sp³-hybridized carbons (Fsp3) is 0.286. The van der Waals surface area contributed by atoms with Crippen molar-refractivity contribution < 1.29 is 4.79 Å². The maximum atomic E-state index is 13.1. The molecule has 0 radical (unpaired) electrons. The fourth-order valence-corrected chi connectivity index (χ4v) is 3.96. The van der Waals surface area contributed by atoms with Gasteiger partial charge in [-0.15, -0.1) is 0 Å². The zero-order valence-corrected chi connectivity index (χ0v) is 16.6. The standard InChI is InChI=1S/C21H21ClN4O2/c1-14-11-15(22)13-16(12-14)25-7-9-26(10-8-25)21(28)19-17-5-3-4-6-18(17)20(27)24(2)23-19/h3-6,11-13H,7-10H2,1-2H3. The molecule has 1 saturated heterocycles. The quantitative estimate of drug-likeness (QED) is 0.668. The molecular weight excluding hydrogens is 376 g/mol. The van der Waals surface area contributed by atoms with Crippen molar-refractivity contribution >= 4 is 34.0 Å². The number of carbonyl (C=O) groups excluding carboxylic acids is 1. The molecule has 28 heavy (non-hydrogen) atoms. The summed E-state index contributed by atoms with van der Waals surface area (Å²) in [4.78, 5) is 29.5. The van der Waals surface area contributed by atoms with Crippen molar-refractivity contribution in [2.75, 3.05) is 31.1 Å². The van der Waals surface area contributed by atoms with E-state index in [1.165, 1.54) is 4.68 Å². The topological polar surface area (TPSA) is 58.4 Å². The van der Waals surface area contributed by atoms with E-state index >= 15 is 0 Å². The van der Waals surface area contributed by atoms with Gasteiger partial charge in [0.15, 0.2) is 5.69 Å². The van der Waals surface area contributed by atoms with E-state index in [0.717, 1.165) is 29.4 Å². The number of carbonyl (C=O) groups is 1. The van der Waals surface area contributed by atoms with Crippen LogP contribution >= 0.6 is 11.6 Å². The number of anilines is 1. The summed E-state index contributed by atoms with van der Waals surface area (Å²) in [5, 5.41) is 6.09. The van der Waals surface area contributed by atoms with Crippen molar-refractivity contribution in [3.63, 3.8) is 0 Å². The third-order valence-electron chi connectivity index (χ3n) is 5.12. The Morgan fingerprint density at radius 2 is 1.71 bits per heavy atom. The molecule has 144 valence electrons. The van der Waals surface area contributed by atoms with Crippen LogP contribution in [0.4, 0.5) is 5.69 Å². The number of hydrogen-bond donors (Lipinski definition) is 0. The number of hydrogen-bond acceptors (Lipinski definition) is 4. The summed E-state index contributed by atoms with van der Waals surface area (Å²) in [6.07, 6.45) is 0. The van der Waals surface area contributed by atoms with E-state index in [4.69, 9.17) is 11.6 Å². The average Bonchev–Trinajstić information content (AvgIpc) is 2.69. The summed E-state index contributed by atoms with van der Waals surface area (Å²) in [5.41, 5.74) is 2.31. The largest absolute Gasteiger partial charge is 0.368 e. The lowest BCUT2D eigenvalue weighted by Crippen LogP contribution is -2.49. The number of amides is 1. The van der Waals surface area contributed by atoms with E-state index in [1.807, 2.05) is 25.1 Å². The highest BCUT2D eigenvalue weighted by molar-refractivity contribution is 6.30. The molecule has 0 N–H and O–H groups in total. The smallest absolute Gasteiger partial charge is 0.275 e. The van der Waals surface area contributed by atoms with Gasteiger partial charge in [-0.25, -0.2) is 4.68 Å². The van der Waals surface area contributed by atoms with Crippen molar-refractivity contribution in [3.8, 4) is 0 Å². The number of piperazine rings is 1. The number of rotatable bonds is 2. The van der Waals surface area contributed by atoms with Gasteiger partial charge in [0.1, 0.15) is 0 Å². The molecule has 1 aliphatic heterocycles. The van der Waals surface area contributed by atoms with Crippen LogP contribution in [0.15, 0.2) is 47.3 Å². The molecule has 1 aliphatic rings. The Morgan fingerprint density at radius 1 is 1.04 bits per heavy atom. The van der Waals surface area contributed by atoms with Gasteiger partial charge < -0.3 is 9.80 Å². The number of halogens is 1. The summed E-state index contributed by atoms with van der Waals surface area (Å²) >= 11 is 6.18. The summed E-state index contributed by atoms with van der Waals surface area (Å²) in [7, 11) is 1.57. The Balaban J connectivity index is 1.57. The van der Waals surface area contributed by atoms with E-state index in [2.05, 4.69) is 16.1 Å². The van der Waals surface area contributed by atoms with Crippen LogP contribution in [-0.4, -0.2) is 46.8 Å². The molecule has 4 rings (SSSR count). The van der Waals surface area contributed by atoms with Crippen LogP contribution in [0, 0.1) is 6.92 Å². The second-order valence-corrected chi connectivity index (χ2v) is 7.53. The third kappa shape index (κ3) is 3.36. The van der Waals surface area contributed by atoms with Gasteiger partial charge in [-0.05, 0) is 36.8 Å². The number of aromatic nitrogens is 2. The van der Waals surface area contributed by atoms with Crippen LogP contribution in [0.5, 0.6) is 0 Å². The van der Waals surface area contributed by atoms with E-state index in [9.17, 15) is 9.59 Å². The van der Waals surface area contributed by atoms with E-state index in [1.54, 1.807) is 30.1 Å². The average molecular weight is 397 g/mol. The maximum Gasteiger partial charge on any atom is 0.275 e. The van der Waals surface area contributed by atoms with Crippen LogP contribution in [-0.2, 0) is 7.05 Å². The first-order valence-corrected chi connectivity index (χ1v) is 9.59. The van der Waals surface area contributed by atoms with Crippen LogP contribution in [0.25, 0.3) is 10.8 Å². The summed E-state index contributed by atoms with van der Waals surface area (Å²) < 4.78 is 1.24. The highest BCUT2D eigenvalue weighted by atomic mass is 35.5. The van der Waals surface area contributed by atoms with Crippen molar-refractivity contribution in [1.82, 2.24) is 14.7 Å².